The Hall–Kier alpha value is -2.49. The largest absolute Gasteiger partial charge is 0.493 e. The lowest BCUT2D eigenvalue weighted by Crippen LogP contribution is -2.37. The van der Waals surface area contributed by atoms with Gasteiger partial charge in [-0.2, -0.15) is 0 Å². The van der Waals surface area contributed by atoms with Crippen LogP contribution in [0.15, 0.2) is 48.5 Å². The Kier molecular flexibility index (Phi) is 5.63. The zero-order valence-electron chi connectivity index (χ0n) is 14.0. The monoisotopic (exact) mass is 313 g/mol. The number of benzene rings is 2. The van der Waals surface area contributed by atoms with Gasteiger partial charge in [0, 0.05) is 0 Å². The average molecular weight is 313 g/mol. The highest BCUT2D eigenvalue weighted by molar-refractivity contribution is 5.81. The summed E-state index contributed by atoms with van der Waals surface area (Å²) in [6, 6.07) is 15.3. The number of rotatable bonds is 6. The molecule has 2 atom stereocenters. The number of methoxy groups -OCH3 is 1. The van der Waals surface area contributed by atoms with Gasteiger partial charge in [-0.05, 0) is 38.5 Å². The zero-order chi connectivity index (χ0) is 16.8. The maximum Gasteiger partial charge on any atom is 0.261 e. The van der Waals surface area contributed by atoms with Crippen molar-refractivity contribution in [1.29, 1.82) is 0 Å². The van der Waals surface area contributed by atoms with E-state index < -0.39 is 6.10 Å². The van der Waals surface area contributed by atoms with Gasteiger partial charge in [0.1, 0.15) is 0 Å². The molecule has 4 nitrogen and oxygen atoms in total. The molecule has 1 N–H and O–H groups in total. The molecule has 0 heterocycles. The summed E-state index contributed by atoms with van der Waals surface area (Å²) in [5, 5.41) is 2.97. The maximum absolute atomic E-state index is 12.3. The van der Waals surface area contributed by atoms with E-state index in [4.69, 9.17) is 9.47 Å². The zero-order valence-corrected chi connectivity index (χ0v) is 14.0. The number of hydrogen-bond donors (Lipinski definition) is 1. The Bertz CT molecular complexity index is 652. The third kappa shape index (κ3) is 4.49. The van der Waals surface area contributed by atoms with Crippen LogP contribution in [0.5, 0.6) is 11.5 Å². The number of aryl methyl sites for hydroxylation is 1. The first-order valence-electron chi connectivity index (χ1n) is 7.68. The summed E-state index contributed by atoms with van der Waals surface area (Å²) in [4.78, 5) is 12.3. The molecular formula is C19H23NO3. The molecule has 0 aliphatic carbocycles. The average Bonchev–Trinajstić information content (AvgIpc) is 2.55. The summed E-state index contributed by atoms with van der Waals surface area (Å²) in [5.41, 5.74) is 2.26. The van der Waals surface area contributed by atoms with Gasteiger partial charge in [0.25, 0.3) is 5.91 Å². The Morgan fingerprint density at radius 3 is 2.22 bits per heavy atom. The quantitative estimate of drug-likeness (QED) is 0.885. The molecule has 122 valence electrons. The molecule has 2 aromatic carbocycles. The van der Waals surface area contributed by atoms with Crippen molar-refractivity contribution in [1.82, 2.24) is 5.32 Å². The van der Waals surface area contributed by atoms with Gasteiger partial charge in [-0.15, -0.1) is 0 Å². The van der Waals surface area contributed by atoms with E-state index in [9.17, 15) is 4.79 Å². The SMILES string of the molecule is COc1ccccc1OC(C)C(=O)NC(C)c1ccc(C)cc1. The summed E-state index contributed by atoms with van der Waals surface area (Å²) in [6.45, 7) is 5.72. The van der Waals surface area contributed by atoms with E-state index in [1.807, 2.05) is 50.2 Å². The van der Waals surface area contributed by atoms with E-state index in [-0.39, 0.29) is 11.9 Å². The highest BCUT2D eigenvalue weighted by atomic mass is 16.5. The van der Waals surface area contributed by atoms with Gasteiger partial charge < -0.3 is 14.8 Å². The molecular weight excluding hydrogens is 290 g/mol. The van der Waals surface area contributed by atoms with Crippen molar-refractivity contribution in [2.45, 2.75) is 32.9 Å². The van der Waals surface area contributed by atoms with E-state index in [2.05, 4.69) is 5.32 Å². The van der Waals surface area contributed by atoms with E-state index in [1.54, 1.807) is 26.2 Å². The second-order valence-electron chi connectivity index (χ2n) is 5.55. The molecule has 0 fully saturated rings. The van der Waals surface area contributed by atoms with Crippen LogP contribution in [0.4, 0.5) is 0 Å². The second-order valence-corrected chi connectivity index (χ2v) is 5.55. The van der Waals surface area contributed by atoms with Crippen LogP contribution in [0.1, 0.15) is 31.0 Å². The number of para-hydroxylation sites is 2. The van der Waals surface area contributed by atoms with Gasteiger partial charge in [0.05, 0.1) is 13.2 Å². The Balaban J connectivity index is 1.98. The highest BCUT2D eigenvalue weighted by Gasteiger charge is 2.19. The summed E-state index contributed by atoms with van der Waals surface area (Å²) in [7, 11) is 1.58. The third-order valence-corrected chi connectivity index (χ3v) is 3.68. The fourth-order valence-electron chi connectivity index (χ4n) is 2.23. The minimum absolute atomic E-state index is 0.0770. The molecule has 0 spiro atoms. The molecule has 2 rings (SSSR count). The van der Waals surface area contributed by atoms with Gasteiger partial charge in [0.15, 0.2) is 17.6 Å². The first kappa shape index (κ1) is 16.9. The van der Waals surface area contributed by atoms with Crippen LogP contribution in [0.25, 0.3) is 0 Å². The van der Waals surface area contributed by atoms with Crippen molar-refractivity contribution in [3.8, 4) is 11.5 Å². The van der Waals surface area contributed by atoms with Gasteiger partial charge in [-0.1, -0.05) is 42.0 Å². The fraction of sp³-hybridized carbons (Fsp3) is 0.316. The highest BCUT2D eigenvalue weighted by Crippen LogP contribution is 2.27. The number of carbonyl (C=O) groups excluding carboxylic acids is 1. The summed E-state index contributed by atoms with van der Waals surface area (Å²) in [6.07, 6.45) is -0.612. The van der Waals surface area contributed by atoms with Crippen molar-refractivity contribution in [2.24, 2.45) is 0 Å². The normalized spacial score (nSPS) is 13.0. The minimum Gasteiger partial charge on any atom is -0.493 e. The number of amides is 1. The molecule has 4 heteroatoms. The molecule has 0 aliphatic heterocycles. The predicted molar refractivity (Wildman–Crippen MR) is 90.8 cm³/mol. The Morgan fingerprint density at radius 1 is 1.00 bits per heavy atom. The number of carbonyl (C=O) groups is 1. The van der Waals surface area contributed by atoms with Crippen molar-refractivity contribution in [3.63, 3.8) is 0 Å². The lowest BCUT2D eigenvalue weighted by molar-refractivity contribution is -0.127. The van der Waals surface area contributed by atoms with Gasteiger partial charge in [-0.3, -0.25) is 4.79 Å². The van der Waals surface area contributed by atoms with Gasteiger partial charge >= 0.3 is 0 Å². The Labute approximate surface area is 137 Å². The molecule has 2 aromatic rings. The van der Waals surface area contributed by atoms with Gasteiger partial charge in [0.2, 0.25) is 0 Å². The molecule has 0 saturated heterocycles. The minimum atomic E-state index is -0.612. The van der Waals surface area contributed by atoms with Crippen LogP contribution in [-0.2, 0) is 4.79 Å². The topological polar surface area (TPSA) is 47.6 Å². The van der Waals surface area contributed by atoms with Crippen LogP contribution < -0.4 is 14.8 Å². The Morgan fingerprint density at radius 2 is 1.61 bits per heavy atom. The van der Waals surface area contributed by atoms with Crippen LogP contribution in [0.3, 0.4) is 0 Å². The van der Waals surface area contributed by atoms with Crippen molar-refractivity contribution >= 4 is 5.91 Å². The summed E-state index contributed by atoms with van der Waals surface area (Å²) < 4.78 is 10.9. The van der Waals surface area contributed by atoms with E-state index in [0.717, 1.165) is 5.56 Å². The van der Waals surface area contributed by atoms with Crippen LogP contribution in [0.2, 0.25) is 0 Å². The predicted octanol–water partition coefficient (Wildman–Crippen LogP) is 3.65. The maximum atomic E-state index is 12.3. The van der Waals surface area contributed by atoms with Crippen molar-refractivity contribution in [2.75, 3.05) is 7.11 Å². The number of hydrogen-bond acceptors (Lipinski definition) is 3. The molecule has 0 saturated carbocycles. The summed E-state index contributed by atoms with van der Waals surface area (Å²) >= 11 is 0. The first-order chi connectivity index (χ1) is 11.0. The van der Waals surface area contributed by atoms with Crippen molar-refractivity contribution in [3.05, 3.63) is 59.7 Å². The lowest BCUT2D eigenvalue weighted by atomic mass is 10.1. The standard InChI is InChI=1S/C19H23NO3/c1-13-9-11-16(12-10-13)14(2)20-19(21)15(3)23-18-8-6-5-7-17(18)22-4/h5-12,14-15H,1-4H3,(H,20,21). The van der Waals surface area contributed by atoms with Gasteiger partial charge in [-0.25, -0.2) is 0 Å². The van der Waals surface area contributed by atoms with E-state index >= 15 is 0 Å². The second kappa shape index (κ2) is 7.68. The number of ether oxygens (including phenoxy) is 2. The molecule has 0 bridgehead atoms. The van der Waals surface area contributed by atoms with E-state index in [0.29, 0.717) is 11.5 Å². The van der Waals surface area contributed by atoms with Crippen LogP contribution >= 0.6 is 0 Å². The molecule has 2 unspecified atom stereocenters. The lowest BCUT2D eigenvalue weighted by Gasteiger charge is -2.20. The fourth-order valence-corrected chi connectivity index (χ4v) is 2.23. The van der Waals surface area contributed by atoms with Crippen molar-refractivity contribution < 1.29 is 14.3 Å². The molecule has 23 heavy (non-hydrogen) atoms. The smallest absolute Gasteiger partial charge is 0.261 e. The van der Waals surface area contributed by atoms with E-state index in [1.165, 1.54) is 5.56 Å². The number of nitrogens with one attached hydrogen (secondary N) is 1. The van der Waals surface area contributed by atoms with Crippen LogP contribution in [0, 0.1) is 6.92 Å². The molecule has 0 radical (unpaired) electrons. The third-order valence-electron chi connectivity index (χ3n) is 3.68. The molecule has 1 amide bonds. The summed E-state index contributed by atoms with van der Waals surface area (Å²) in [5.74, 6) is 1.00. The first-order valence-corrected chi connectivity index (χ1v) is 7.68. The molecule has 0 aliphatic rings. The van der Waals surface area contributed by atoms with Crippen LogP contribution in [-0.4, -0.2) is 19.1 Å². The molecule has 0 aromatic heterocycles.